The summed E-state index contributed by atoms with van der Waals surface area (Å²) in [5.41, 5.74) is 2.93. The third kappa shape index (κ3) is 5.81. The van der Waals surface area contributed by atoms with Crippen LogP contribution >= 0.6 is 0 Å². The van der Waals surface area contributed by atoms with Crippen molar-refractivity contribution in [1.82, 2.24) is 14.2 Å². The van der Waals surface area contributed by atoms with Gasteiger partial charge < -0.3 is 18.9 Å². The number of hydrogen-bond donors (Lipinski definition) is 1. The number of carbonyl (C=O) groups is 2. The molecule has 1 saturated heterocycles. The van der Waals surface area contributed by atoms with Crippen molar-refractivity contribution in [3.8, 4) is 11.3 Å². The second kappa shape index (κ2) is 11.4. The van der Waals surface area contributed by atoms with Crippen molar-refractivity contribution in [3.63, 3.8) is 0 Å². The third-order valence-electron chi connectivity index (χ3n) is 7.77. The number of aryl methyl sites for hydroxylation is 1. The van der Waals surface area contributed by atoms with E-state index in [1.807, 2.05) is 48.0 Å². The van der Waals surface area contributed by atoms with Crippen molar-refractivity contribution >= 4 is 33.0 Å². The Labute approximate surface area is 229 Å². The summed E-state index contributed by atoms with van der Waals surface area (Å²) in [6.07, 6.45) is 2.29. The van der Waals surface area contributed by atoms with Gasteiger partial charge in [-0.05, 0) is 62.8 Å². The maximum atomic E-state index is 13.3. The molecule has 0 spiro atoms. The van der Waals surface area contributed by atoms with Crippen LogP contribution in [-0.2, 0) is 31.3 Å². The number of carbonyl (C=O) groups excluding carboxylic acids is 2. The van der Waals surface area contributed by atoms with Gasteiger partial charge >= 0.3 is 6.16 Å². The quantitative estimate of drug-likeness (QED) is 0.421. The Hall–Kier alpha value is -3.37. The highest BCUT2D eigenvalue weighted by molar-refractivity contribution is 7.89. The van der Waals surface area contributed by atoms with Crippen molar-refractivity contribution < 1.29 is 27.5 Å². The molecule has 1 aliphatic carbocycles. The van der Waals surface area contributed by atoms with Crippen LogP contribution in [0.25, 0.3) is 22.2 Å². The van der Waals surface area contributed by atoms with E-state index in [2.05, 4.69) is 10.8 Å². The first kappa shape index (κ1) is 27.2. The van der Waals surface area contributed by atoms with Gasteiger partial charge in [0.15, 0.2) is 6.23 Å². The molecule has 1 N–H and O–H groups in total. The molecular weight excluding hydrogens is 518 g/mol. The van der Waals surface area contributed by atoms with Gasteiger partial charge in [0, 0.05) is 48.6 Å². The van der Waals surface area contributed by atoms with Gasteiger partial charge in [0.1, 0.15) is 0 Å². The van der Waals surface area contributed by atoms with E-state index in [0.29, 0.717) is 38.6 Å². The van der Waals surface area contributed by atoms with E-state index in [1.54, 1.807) is 24.0 Å². The summed E-state index contributed by atoms with van der Waals surface area (Å²) in [5.74, 6) is -0.250. The summed E-state index contributed by atoms with van der Waals surface area (Å²) in [6.45, 7) is 2.46. The van der Waals surface area contributed by atoms with Crippen LogP contribution in [0.3, 0.4) is 0 Å². The van der Waals surface area contributed by atoms with Crippen LogP contribution in [0.15, 0.2) is 59.5 Å². The van der Waals surface area contributed by atoms with E-state index in [1.165, 1.54) is 0 Å². The van der Waals surface area contributed by atoms with Gasteiger partial charge in [0.25, 0.3) is 0 Å². The molecule has 9 nitrogen and oxygen atoms in total. The molecule has 1 aliphatic heterocycles. The van der Waals surface area contributed by atoms with Crippen molar-refractivity contribution in [3.05, 3.63) is 54.6 Å². The summed E-state index contributed by atoms with van der Waals surface area (Å²) < 4.78 is 41.7. The Balaban J connectivity index is 1.22. The largest absolute Gasteiger partial charge is 0.510 e. The molecule has 0 bridgehead atoms. The molecule has 1 amide bonds. The molecule has 208 valence electrons. The molecule has 10 heteroatoms. The number of amides is 1. The molecule has 0 unspecified atom stereocenters. The number of nitrogens with zero attached hydrogens (tertiary/aromatic N) is 2. The highest BCUT2D eigenvalue weighted by Crippen LogP contribution is 2.32. The van der Waals surface area contributed by atoms with E-state index in [-0.39, 0.29) is 29.4 Å². The minimum atomic E-state index is -3.73. The van der Waals surface area contributed by atoms with Gasteiger partial charge in [-0.2, -0.15) is 0 Å². The Kier molecular flexibility index (Phi) is 7.95. The number of sulfonamides is 1. The average molecular weight is 554 g/mol. The van der Waals surface area contributed by atoms with E-state index >= 15 is 0 Å². The molecule has 2 heterocycles. The smallest absolute Gasteiger partial charge is 0.435 e. The zero-order valence-corrected chi connectivity index (χ0v) is 23.2. The minimum absolute atomic E-state index is 0.0357. The normalized spacial score (nSPS) is 21.7. The van der Waals surface area contributed by atoms with Gasteiger partial charge in [-0.3, -0.25) is 4.79 Å². The van der Waals surface area contributed by atoms with Crippen molar-refractivity contribution in [2.45, 2.75) is 62.6 Å². The first-order chi connectivity index (χ1) is 18.8. The maximum Gasteiger partial charge on any atom is 0.510 e. The lowest BCUT2D eigenvalue weighted by Gasteiger charge is -2.32. The topological polar surface area (TPSA) is 107 Å². The standard InChI is InChI=1S/C29H35N3O6S/c1-3-37-29(34)38-27-10-7-17-32(27)28(33)21-11-14-23(15-12-21)30-39(35,36)24-16-13-22-18-25(31(2)26(22)19-24)20-8-5-4-6-9-20/h4-6,8-9,13,16,18-19,21,23,27,30H,3,7,10-12,14-15,17H2,1-2H3/t21?,23?,27-/m1/s1. The number of rotatable bonds is 7. The summed E-state index contributed by atoms with van der Waals surface area (Å²) >= 11 is 0. The summed E-state index contributed by atoms with van der Waals surface area (Å²) in [6, 6.07) is 17.0. The van der Waals surface area contributed by atoms with Crippen LogP contribution in [0.1, 0.15) is 45.4 Å². The molecule has 3 aromatic rings. The van der Waals surface area contributed by atoms with E-state index in [9.17, 15) is 18.0 Å². The Bertz CT molecular complexity index is 1440. The van der Waals surface area contributed by atoms with E-state index in [0.717, 1.165) is 28.6 Å². The lowest BCUT2D eigenvalue weighted by molar-refractivity contribution is -0.144. The predicted octanol–water partition coefficient (Wildman–Crippen LogP) is 4.80. The van der Waals surface area contributed by atoms with E-state index < -0.39 is 22.4 Å². The van der Waals surface area contributed by atoms with Gasteiger partial charge in [-0.1, -0.05) is 36.4 Å². The molecule has 5 rings (SSSR count). The lowest BCUT2D eigenvalue weighted by Crippen LogP contribution is -2.45. The van der Waals surface area contributed by atoms with Gasteiger partial charge in [-0.15, -0.1) is 0 Å². The Morgan fingerprint density at radius 2 is 1.74 bits per heavy atom. The van der Waals surface area contributed by atoms with Gasteiger partial charge in [0.05, 0.1) is 11.5 Å². The van der Waals surface area contributed by atoms with Gasteiger partial charge in [-0.25, -0.2) is 17.9 Å². The molecule has 2 fully saturated rings. The summed E-state index contributed by atoms with van der Waals surface area (Å²) in [7, 11) is -1.79. The fourth-order valence-corrected chi connectivity index (χ4v) is 7.04. The zero-order chi connectivity index (χ0) is 27.6. The van der Waals surface area contributed by atoms with E-state index in [4.69, 9.17) is 9.47 Å². The summed E-state index contributed by atoms with van der Waals surface area (Å²) in [4.78, 5) is 26.8. The van der Waals surface area contributed by atoms with Crippen LogP contribution < -0.4 is 4.72 Å². The fourth-order valence-electron chi connectivity index (χ4n) is 5.72. The number of benzene rings is 2. The SMILES string of the molecule is CCOC(=O)O[C@@H]1CCCN1C(=O)C1CCC(NS(=O)(=O)c2ccc3cc(-c4ccccc4)n(C)c3c2)CC1. The number of likely N-dealkylation sites (tertiary alicyclic amines) is 1. The number of aromatic nitrogens is 1. The van der Waals surface area contributed by atoms with Crippen molar-refractivity contribution in [2.24, 2.45) is 13.0 Å². The first-order valence-corrected chi connectivity index (χ1v) is 15.1. The Morgan fingerprint density at radius 3 is 2.46 bits per heavy atom. The molecule has 1 atom stereocenters. The fraction of sp³-hybridized carbons (Fsp3) is 0.448. The van der Waals surface area contributed by atoms with Crippen LogP contribution in [0.5, 0.6) is 0 Å². The van der Waals surface area contributed by atoms with Crippen LogP contribution in [0.4, 0.5) is 4.79 Å². The lowest BCUT2D eigenvalue weighted by atomic mass is 9.85. The third-order valence-corrected chi connectivity index (χ3v) is 9.29. The van der Waals surface area contributed by atoms with Crippen LogP contribution in [-0.4, -0.2) is 55.4 Å². The average Bonchev–Trinajstić information content (AvgIpc) is 3.53. The highest BCUT2D eigenvalue weighted by Gasteiger charge is 2.37. The minimum Gasteiger partial charge on any atom is -0.435 e. The number of nitrogens with one attached hydrogen (secondary N) is 1. The number of hydrogen-bond acceptors (Lipinski definition) is 6. The molecule has 39 heavy (non-hydrogen) atoms. The zero-order valence-electron chi connectivity index (χ0n) is 22.3. The van der Waals surface area contributed by atoms with Gasteiger partial charge in [0.2, 0.25) is 15.9 Å². The maximum absolute atomic E-state index is 13.3. The molecular formula is C29H35N3O6S. The molecule has 1 saturated carbocycles. The highest BCUT2D eigenvalue weighted by atomic mass is 32.2. The van der Waals surface area contributed by atoms with Crippen molar-refractivity contribution in [1.29, 1.82) is 0 Å². The number of ether oxygens (including phenoxy) is 2. The molecule has 0 radical (unpaired) electrons. The van der Waals surface area contributed by atoms with Crippen LogP contribution in [0.2, 0.25) is 0 Å². The summed E-state index contributed by atoms with van der Waals surface area (Å²) in [5, 5.41) is 0.974. The molecule has 2 aliphatic rings. The number of fused-ring (bicyclic) bond motifs is 1. The Morgan fingerprint density at radius 1 is 1.00 bits per heavy atom. The second-order valence-corrected chi connectivity index (χ2v) is 12.0. The molecule has 1 aromatic heterocycles. The predicted molar refractivity (Wildman–Crippen MR) is 147 cm³/mol. The molecule has 2 aromatic carbocycles. The monoisotopic (exact) mass is 553 g/mol. The van der Waals surface area contributed by atoms with Crippen LogP contribution in [0, 0.1) is 5.92 Å². The first-order valence-electron chi connectivity index (χ1n) is 13.6. The van der Waals surface area contributed by atoms with Crippen molar-refractivity contribution in [2.75, 3.05) is 13.2 Å². The second-order valence-electron chi connectivity index (χ2n) is 10.3.